The molecule has 1 aromatic heterocycles. The third-order valence-electron chi connectivity index (χ3n) is 1.88. The Bertz CT molecular complexity index is 253. The van der Waals surface area contributed by atoms with Crippen LogP contribution < -0.4 is 0 Å². The molecule has 12 heavy (non-hydrogen) atoms. The average Bonchev–Trinajstić information content (AvgIpc) is 2.04. The molecule has 0 bridgehead atoms. The Labute approximate surface area is 74.4 Å². The van der Waals surface area contributed by atoms with E-state index >= 15 is 0 Å². The van der Waals surface area contributed by atoms with E-state index < -0.39 is 0 Å². The zero-order chi connectivity index (χ0) is 8.97. The highest BCUT2D eigenvalue weighted by Crippen LogP contribution is 2.11. The quantitative estimate of drug-likeness (QED) is 0.625. The second-order valence-corrected chi connectivity index (χ2v) is 3.17. The van der Waals surface area contributed by atoms with Crippen molar-refractivity contribution in [3.63, 3.8) is 0 Å². The topological polar surface area (TPSA) is 11.3 Å². The Kier molecular flexibility index (Phi) is 3.27. The molecule has 1 aromatic rings. The van der Waals surface area contributed by atoms with Crippen LogP contribution in [0.4, 0.5) is 0 Å². The molecule has 1 rings (SSSR count). The lowest BCUT2D eigenvalue weighted by molar-refractivity contribution is 0.447. The van der Waals surface area contributed by atoms with Crippen molar-refractivity contribution in [1.82, 2.24) is 0 Å². The van der Waals surface area contributed by atoms with Gasteiger partial charge in [0.25, 0.3) is 0 Å². The van der Waals surface area contributed by atoms with Crippen LogP contribution in [0.1, 0.15) is 37.4 Å². The molecule has 0 atom stereocenters. The first-order valence-corrected chi connectivity index (χ1v) is 4.68. The number of aryl methyl sites for hydroxylation is 3. The zero-order valence-corrected chi connectivity index (χ0v) is 8.18. The van der Waals surface area contributed by atoms with Crippen molar-refractivity contribution in [2.75, 3.05) is 0 Å². The second kappa shape index (κ2) is 4.24. The van der Waals surface area contributed by atoms with Crippen LogP contribution in [0.15, 0.2) is 16.5 Å². The summed E-state index contributed by atoms with van der Waals surface area (Å²) in [6.07, 6.45) is 3.18. The van der Waals surface area contributed by atoms with Gasteiger partial charge < -0.3 is 0 Å². The SMILES string of the molecule is CCCc1cc(C)cc(CC)[o+]1. The van der Waals surface area contributed by atoms with Crippen LogP contribution in [-0.2, 0) is 12.8 Å². The van der Waals surface area contributed by atoms with Crippen LogP contribution in [0.2, 0.25) is 0 Å². The molecule has 66 valence electrons. The lowest BCUT2D eigenvalue weighted by Gasteiger charge is -1.91. The first-order chi connectivity index (χ1) is 5.76. The zero-order valence-electron chi connectivity index (χ0n) is 8.18. The van der Waals surface area contributed by atoms with E-state index in [0.717, 1.165) is 30.8 Å². The summed E-state index contributed by atoms with van der Waals surface area (Å²) < 4.78 is 5.65. The summed E-state index contributed by atoms with van der Waals surface area (Å²) in [6.45, 7) is 6.41. The number of rotatable bonds is 3. The maximum absolute atomic E-state index is 5.65. The molecule has 0 aliphatic heterocycles. The van der Waals surface area contributed by atoms with Gasteiger partial charge in [0.2, 0.25) is 0 Å². The van der Waals surface area contributed by atoms with Crippen molar-refractivity contribution in [3.05, 3.63) is 29.2 Å². The molecule has 1 heterocycles. The molecule has 0 aliphatic rings. The first kappa shape index (κ1) is 9.24. The van der Waals surface area contributed by atoms with Gasteiger partial charge in [-0.05, 0) is 18.9 Å². The first-order valence-electron chi connectivity index (χ1n) is 4.68. The molecular formula is C11H17O+. The lowest BCUT2D eigenvalue weighted by atomic mass is 10.2. The van der Waals surface area contributed by atoms with E-state index in [1.807, 2.05) is 0 Å². The normalized spacial score (nSPS) is 10.2. The highest BCUT2D eigenvalue weighted by atomic mass is 16.3. The van der Waals surface area contributed by atoms with Crippen LogP contribution >= 0.6 is 0 Å². The van der Waals surface area contributed by atoms with Gasteiger partial charge >= 0.3 is 11.5 Å². The summed E-state index contributed by atoms with van der Waals surface area (Å²) in [4.78, 5) is 0. The smallest absolute Gasteiger partial charge is 0.218 e. The number of hydrogen-bond donors (Lipinski definition) is 0. The molecule has 0 saturated carbocycles. The van der Waals surface area contributed by atoms with Crippen molar-refractivity contribution in [1.29, 1.82) is 0 Å². The predicted molar refractivity (Wildman–Crippen MR) is 51.2 cm³/mol. The van der Waals surface area contributed by atoms with E-state index in [2.05, 4.69) is 32.9 Å². The Morgan fingerprint density at radius 2 is 1.83 bits per heavy atom. The van der Waals surface area contributed by atoms with Gasteiger partial charge in [-0.1, -0.05) is 13.8 Å². The minimum Gasteiger partial charge on any atom is -0.218 e. The second-order valence-electron chi connectivity index (χ2n) is 3.17. The molecular weight excluding hydrogens is 148 g/mol. The molecule has 0 amide bonds. The Morgan fingerprint density at radius 1 is 1.17 bits per heavy atom. The molecule has 0 spiro atoms. The van der Waals surface area contributed by atoms with Crippen molar-refractivity contribution < 1.29 is 4.42 Å². The minimum atomic E-state index is 0.985. The fourth-order valence-corrected chi connectivity index (χ4v) is 1.32. The molecule has 0 radical (unpaired) electrons. The van der Waals surface area contributed by atoms with Gasteiger partial charge in [-0.2, -0.15) is 0 Å². The van der Waals surface area contributed by atoms with E-state index in [4.69, 9.17) is 4.42 Å². The fourth-order valence-electron chi connectivity index (χ4n) is 1.32. The lowest BCUT2D eigenvalue weighted by Crippen LogP contribution is -1.89. The van der Waals surface area contributed by atoms with Crippen LogP contribution in [0, 0.1) is 6.92 Å². The van der Waals surface area contributed by atoms with Crippen molar-refractivity contribution in [3.8, 4) is 0 Å². The van der Waals surface area contributed by atoms with Gasteiger partial charge in [0.05, 0.1) is 12.8 Å². The van der Waals surface area contributed by atoms with Gasteiger partial charge in [0.15, 0.2) is 0 Å². The summed E-state index contributed by atoms with van der Waals surface area (Å²) in [7, 11) is 0. The standard InChI is InChI=1S/C11H17O/c1-4-6-11-8-9(3)7-10(5-2)12-11/h7-8H,4-6H2,1-3H3/q+1. The Hall–Kier alpha value is -0.850. The van der Waals surface area contributed by atoms with Gasteiger partial charge in [-0.3, -0.25) is 0 Å². The fraction of sp³-hybridized carbons (Fsp3) is 0.545. The highest BCUT2D eigenvalue weighted by molar-refractivity contribution is 5.16. The highest BCUT2D eigenvalue weighted by Gasteiger charge is 2.11. The molecule has 0 aromatic carbocycles. The van der Waals surface area contributed by atoms with Gasteiger partial charge in [-0.25, -0.2) is 4.42 Å². The maximum atomic E-state index is 5.65. The van der Waals surface area contributed by atoms with E-state index in [0.29, 0.717) is 0 Å². The molecule has 0 N–H and O–H groups in total. The number of hydrogen-bond acceptors (Lipinski definition) is 0. The summed E-state index contributed by atoms with van der Waals surface area (Å²) in [6, 6.07) is 4.24. The Morgan fingerprint density at radius 3 is 2.42 bits per heavy atom. The monoisotopic (exact) mass is 165 g/mol. The molecule has 0 saturated heterocycles. The van der Waals surface area contributed by atoms with Crippen molar-refractivity contribution in [2.24, 2.45) is 0 Å². The van der Waals surface area contributed by atoms with Crippen molar-refractivity contribution in [2.45, 2.75) is 40.0 Å². The van der Waals surface area contributed by atoms with Crippen LogP contribution in [0.25, 0.3) is 0 Å². The van der Waals surface area contributed by atoms with E-state index in [1.165, 1.54) is 5.56 Å². The maximum Gasteiger partial charge on any atom is 0.329 e. The molecule has 1 nitrogen and oxygen atoms in total. The van der Waals surface area contributed by atoms with Gasteiger partial charge in [0.1, 0.15) is 0 Å². The van der Waals surface area contributed by atoms with Crippen LogP contribution in [-0.4, -0.2) is 0 Å². The van der Waals surface area contributed by atoms with Crippen LogP contribution in [0.3, 0.4) is 0 Å². The van der Waals surface area contributed by atoms with Crippen LogP contribution in [0.5, 0.6) is 0 Å². The average molecular weight is 165 g/mol. The van der Waals surface area contributed by atoms with Gasteiger partial charge in [0, 0.05) is 12.1 Å². The van der Waals surface area contributed by atoms with E-state index in [1.54, 1.807) is 0 Å². The van der Waals surface area contributed by atoms with E-state index in [9.17, 15) is 0 Å². The Balaban J connectivity index is 2.90. The molecule has 0 unspecified atom stereocenters. The van der Waals surface area contributed by atoms with Crippen molar-refractivity contribution >= 4 is 0 Å². The molecule has 0 fully saturated rings. The summed E-state index contributed by atoms with van der Waals surface area (Å²) in [5.41, 5.74) is 1.31. The summed E-state index contributed by atoms with van der Waals surface area (Å²) in [5.74, 6) is 2.22. The minimum absolute atomic E-state index is 0.985. The largest absolute Gasteiger partial charge is 0.329 e. The predicted octanol–water partition coefficient (Wildman–Crippen LogP) is 3.38. The third kappa shape index (κ3) is 2.33. The molecule has 0 aliphatic carbocycles. The third-order valence-corrected chi connectivity index (χ3v) is 1.88. The van der Waals surface area contributed by atoms with Gasteiger partial charge in [-0.15, -0.1) is 0 Å². The van der Waals surface area contributed by atoms with E-state index in [-0.39, 0.29) is 0 Å². The summed E-state index contributed by atoms with van der Waals surface area (Å²) in [5, 5.41) is 0. The summed E-state index contributed by atoms with van der Waals surface area (Å²) >= 11 is 0. The molecule has 1 heteroatoms.